The summed E-state index contributed by atoms with van der Waals surface area (Å²) in [6.45, 7) is 2.46. The minimum absolute atomic E-state index is 0.0779. The number of aryl methyl sites for hydroxylation is 1. The van der Waals surface area contributed by atoms with E-state index in [0.29, 0.717) is 21.8 Å². The summed E-state index contributed by atoms with van der Waals surface area (Å²) >= 11 is 0. The second-order valence-corrected chi connectivity index (χ2v) is 10.7. The number of para-hydroxylation sites is 2. The molecule has 1 amide bonds. The number of benzene rings is 2. The lowest BCUT2D eigenvalue weighted by Crippen LogP contribution is -2.48. The standard InChI is InChI=1S/C19H18F3N2O3S.CHF3O3S/c1-12(2)24(28(26,27)19(20,21)22)18(25)17-13-8-4-6-10-15(13)23(3)16-11-7-5-9-14(16)17;2-1(3,4)8(5,6)7/h4-12H,1-3H3;(H,5,6,7)/q+1;/p-1. The van der Waals surface area contributed by atoms with E-state index in [2.05, 4.69) is 0 Å². The third kappa shape index (κ3) is 5.54. The van der Waals surface area contributed by atoms with Crippen molar-refractivity contribution in [2.24, 2.45) is 7.05 Å². The fourth-order valence-corrected chi connectivity index (χ4v) is 4.39. The molecule has 0 aliphatic rings. The molecule has 1 aromatic heterocycles. The molecule has 0 radical (unpaired) electrons. The molecule has 0 bridgehead atoms. The number of aromatic nitrogens is 1. The van der Waals surface area contributed by atoms with Crippen LogP contribution in [0.15, 0.2) is 48.5 Å². The Hall–Kier alpha value is -2.98. The van der Waals surface area contributed by atoms with E-state index in [-0.39, 0.29) is 9.87 Å². The molecule has 0 N–H and O–H groups in total. The molecule has 3 aromatic rings. The van der Waals surface area contributed by atoms with E-state index in [0.717, 1.165) is 0 Å². The number of pyridine rings is 1. The van der Waals surface area contributed by atoms with Crippen molar-refractivity contribution in [1.82, 2.24) is 4.31 Å². The minimum Gasteiger partial charge on any atom is -0.741 e. The number of nitrogens with zero attached hydrogens (tertiary/aromatic N) is 2. The van der Waals surface area contributed by atoms with E-state index in [9.17, 15) is 39.6 Å². The molecule has 3 rings (SSSR count). The molecule has 2 aromatic carbocycles. The first-order valence-corrected chi connectivity index (χ1v) is 12.5. The molecule has 0 atom stereocenters. The summed E-state index contributed by atoms with van der Waals surface area (Å²) in [7, 11) is -10.2. The van der Waals surface area contributed by atoms with Gasteiger partial charge in [0.1, 0.15) is 7.05 Å². The molecule has 0 aliphatic carbocycles. The molecule has 0 aliphatic heterocycles. The van der Waals surface area contributed by atoms with Crippen LogP contribution >= 0.6 is 0 Å². The Morgan fingerprint density at radius 2 is 1.19 bits per heavy atom. The number of amides is 1. The lowest BCUT2D eigenvalue weighted by Gasteiger charge is -2.27. The molecule has 1 heterocycles. The number of hydrogen-bond donors (Lipinski definition) is 0. The number of rotatable bonds is 3. The molecule has 36 heavy (non-hydrogen) atoms. The van der Waals surface area contributed by atoms with Crippen LogP contribution in [0, 0.1) is 0 Å². The van der Waals surface area contributed by atoms with Gasteiger partial charge in [0, 0.05) is 18.2 Å². The van der Waals surface area contributed by atoms with Crippen molar-refractivity contribution in [3.8, 4) is 0 Å². The molecule has 0 saturated carbocycles. The highest BCUT2D eigenvalue weighted by atomic mass is 32.2. The topological polar surface area (TPSA) is 116 Å². The van der Waals surface area contributed by atoms with Crippen LogP contribution in [0.2, 0.25) is 0 Å². The van der Waals surface area contributed by atoms with Gasteiger partial charge in [-0.3, -0.25) is 4.79 Å². The molecule has 0 fully saturated rings. The van der Waals surface area contributed by atoms with Gasteiger partial charge < -0.3 is 4.55 Å². The lowest BCUT2D eigenvalue weighted by molar-refractivity contribution is -0.617. The smallest absolute Gasteiger partial charge is 0.516 e. The molecular weight excluding hydrogens is 542 g/mol. The van der Waals surface area contributed by atoms with Crippen molar-refractivity contribution in [2.75, 3.05) is 0 Å². The van der Waals surface area contributed by atoms with Crippen molar-refractivity contribution < 1.29 is 57.1 Å². The highest BCUT2D eigenvalue weighted by Crippen LogP contribution is 2.33. The monoisotopic (exact) mass is 560 g/mol. The Balaban J connectivity index is 0.000000493. The van der Waals surface area contributed by atoms with Crippen LogP contribution in [-0.4, -0.2) is 48.7 Å². The van der Waals surface area contributed by atoms with E-state index in [4.69, 9.17) is 13.0 Å². The summed E-state index contributed by atoms with van der Waals surface area (Å²) in [6, 6.07) is 12.2. The Bertz CT molecular complexity index is 1460. The molecule has 0 saturated heterocycles. The molecule has 198 valence electrons. The number of hydrogen-bond acceptors (Lipinski definition) is 6. The van der Waals surface area contributed by atoms with Gasteiger partial charge in [0.15, 0.2) is 10.1 Å². The Morgan fingerprint density at radius 1 is 0.833 bits per heavy atom. The minimum atomic E-state index is -6.09. The van der Waals surface area contributed by atoms with Gasteiger partial charge in [0.2, 0.25) is 11.0 Å². The second-order valence-electron chi connectivity index (χ2n) is 7.51. The van der Waals surface area contributed by atoms with Gasteiger partial charge in [-0.1, -0.05) is 24.3 Å². The molecular formula is C20H18F6N2O6S2. The number of halogens is 6. The Kier molecular flexibility index (Phi) is 7.98. The summed E-state index contributed by atoms with van der Waals surface area (Å²) in [5, 5.41) is 0.744. The first-order chi connectivity index (χ1) is 16.2. The zero-order valence-corrected chi connectivity index (χ0v) is 20.3. The van der Waals surface area contributed by atoms with Crippen LogP contribution in [0.4, 0.5) is 26.3 Å². The Morgan fingerprint density at radius 3 is 1.50 bits per heavy atom. The second kappa shape index (κ2) is 9.82. The van der Waals surface area contributed by atoms with Crippen LogP contribution in [0.5, 0.6) is 0 Å². The average molecular weight is 560 g/mol. The van der Waals surface area contributed by atoms with Crippen LogP contribution in [0.1, 0.15) is 24.2 Å². The van der Waals surface area contributed by atoms with Crippen molar-refractivity contribution in [3.05, 3.63) is 54.1 Å². The SMILES string of the molecule is CC(C)N(C(=O)c1c2ccccc2[n+](C)c2ccccc12)S(=O)(=O)C(F)(F)F.O=S(=O)([O-])C(F)(F)F. The average Bonchev–Trinajstić information content (AvgIpc) is 2.72. The van der Waals surface area contributed by atoms with Crippen molar-refractivity contribution >= 4 is 47.9 Å². The predicted molar refractivity (Wildman–Crippen MR) is 115 cm³/mol. The number of carbonyl (C=O) groups excluding carboxylic acids is 1. The van der Waals surface area contributed by atoms with Crippen molar-refractivity contribution in [3.63, 3.8) is 0 Å². The third-order valence-corrected chi connectivity index (χ3v) is 7.04. The van der Waals surface area contributed by atoms with E-state index >= 15 is 0 Å². The highest BCUT2D eigenvalue weighted by molar-refractivity contribution is 7.90. The Labute approximate surface area is 201 Å². The van der Waals surface area contributed by atoms with Crippen LogP contribution in [-0.2, 0) is 27.2 Å². The van der Waals surface area contributed by atoms with E-state index in [1.165, 1.54) is 13.8 Å². The zero-order chi connectivity index (χ0) is 27.9. The van der Waals surface area contributed by atoms with Crippen LogP contribution in [0.3, 0.4) is 0 Å². The van der Waals surface area contributed by atoms with Gasteiger partial charge in [-0.05, 0) is 26.0 Å². The van der Waals surface area contributed by atoms with Gasteiger partial charge in [0.25, 0.3) is 5.91 Å². The fourth-order valence-electron chi connectivity index (χ4n) is 3.30. The van der Waals surface area contributed by atoms with E-state index in [1.807, 2.05) is 0 Å². The summed E-state index contributed by atoms with van der Waals surface area (Å²) in [5.41, 5.74) is -10.1. The van der Waals surface area contributed by atoms with Crippen molar-refractivity contribution in [2.45, 2.75) is 30.9 Å². The molecule has 0 unspecified atom stereocenters. The van der Waals surface area contributed by atoms with Gasteiger partial charge in [0.05, 0.1) is 16.3 Å². The number of alkyl halides is 6. The van der Waals surface area contributed by atoms with Crippen LogP contribution < -0.4 is 4.57 Å². The molecule has 0 spiro atoms. The lowest BCUT2D eigenvalue weighted by atomic mass is 10.0. The maximum atomic E-state index is 13.3. The fraction of sp³-hybridized carbons (Fsp3) is 0.300. The van der Waals surface area contributed by atoms with Gasteiger partial charge in [-0.25, -0.2) is 12.7 Å². The summed E-state index contributed by atoms with van der Waals surface area (Å²) in [5.74, 6) is -1.21. The van der Waals surface area contributed by atoms with Crippen LogP contribution in [0.25, 0.3) is 21.8 Å². The molecule has 16 heteroatoms. The third-order valence-electron chi connectivity index (χ3n) is 4.79. The zero-order valence-electron chi connectivity index (χ0n) is 18.6. The first-order valence-electron chi connectivity index (χ1n) is 9.70. The predicted octanol–water partition coefficient (Wildman–Crippen LogP) is 3.57. The largest absolute Gasteiger partial charge is 0.741 e. The highest BCUT2D eigenvalue weighted by Gasteiger charge is 2.53. The quantitative estimate of drug-likeness (QED) is 0.159. The summed E-state index contributed by atoms with van der Waals surface area (Å²) in [4.78, 5) is 13.3. The van der Waals surface area contributed by atoms with Crippen molar-refractivity contribution in [1.29, 1.82) is 0 Å². The number of fused-ring (bicyclic) bond motifs is 2. The maximum absolute atomic E-state index is 13.3. The maximum Gasteiger partial charge on any atom is 0.516 e. The van der Waals surface area contributed by atoms with Gasteiger partial charge in [-0.2, -0.15) is 39.3 Å². The molecule has 8 nitrogen and oxygen atoms in total. The van der Waals surface area contributed by atoms with Gasteiger partial charge in [-0.15, -0.1) is 0 Å². The normalized spacial score (nSPS) is 13.0. The summed E-state index contributed by atoms with van der Waals surface area (Å²) in [6.07, 6.45) is 0. The number of carbonyl (C=O) groups is 1. The first kappa shape index (κ1) is 29.3. The van der Waals surface area contributed by atoms with E-state index < -0.39 is 43.1 Å². The summed E-state index contributed by atoms with van der Waals surface area (Å²) < 4.78 is 125. The number of sulfonamides is 1. The van der Waals surface area contributed by atoms with Gasteiger partial charge >= 0.3 is 21.0 Å². The van der Waals surface area contributed by atoms with E-state index in [1.54, 1.807) is 60.1 Å².